The molecule has 1 aromatic carbocycles. The normalized spacial score (nSPS) is 22.1. The van der Waals surface area contributed by atoms with Crippen molar-refractivity contribution in [3.8, 4) is 0 Å². The summed E-state index contributed by atoms with van der Waals surface area (Å²) >= 11 is 3.30. The minimum Gasteiger partial charge on any atom is -0.398 e. The van der Waals surface area contributed by atoms with E-state index in [1.807, 2.05) is 7.05 Å². The minimum absolute atomic E-state index is 0.186. The van der Waals surface area contributed by atoms with Gasteiger partial charge in [-0.2, -0.15) is 4.31 Å². The average Bonchev–Trinajstić information content (AvgIpc) is 2.41. The molecule has 1 aliphatic rings. The maximum Gasteiger partial charge on any atom is 0.245 e. The van der Waals surface area contributed by atoms with Gasteiger partial charge in [-0.1, -0.05) is 22.9 Å². The summed E-state index contributed by atoms with van der Waals surface area (Å²) in [5.74, 6) is 0. The monoisotopic (exact) mass is 361 g/mol. The predicted molar refractivity (Wildman–Crippen MR) is 84.0 cm³/mol. The predicted octanol–water partition coefficient (Wildman–Crippen LogP) is 1.75. The van der Waals surface area contributed by atoms with Crippen molar-refractivity contribution >= 4 is 31.6 Å². The van der Waals surface area contributed by atoms with E-state index in [1.54, 1.807) is 22.5 Å². The van der Waals surface area contributed by atoms with E-state index < -0.39 is 10.0 Å². The molecule has 0 aromatic heterocycles. The van der Waals surface area contributed by atoms with Gasteiger partial charge in [-0.15, -0.1) is 0 Å². The maximum atomic E-state index is 12.7. The number of nitrogens with zero attached hydrogens (tertiary/aromatic N) is 2. The average molecular weight is 362 g/mol. The van der Waals surface area contributed by atoms with Gasteiger partial charge in [-0.3, -0.25) is 0 Å². The third-order valence-electron chi connectivity index (χ3n) is 3.80. The summed E-state index contributed by atoms with van der Waals surface area (Å²) in [5, 5.41) is 0. The van der Waals surface area contributed by atoms with Crippen LogP contribution in [0.2, 0.25) is 0 Å². The molecule has 0 amide bonds. The smallest absolute Gasteiger partial charge is 0.245 e. The van der Waals surface area contributed by atoms with E-state index in [-0.39, 0.29) is 10.9 Å². The number of hydrogen-bond donors (Lipinski definition) is 1. The molecular weight excluding hydrogens is 342 g/mol. The number of rotatable bonds is 3. The molecule has 0 bridgehead atoms. The highest BCUT2D eigenvalue weighted by Crippen LogP contribution is 2.27. The topological polar surface area (TPSA) is 66.6 Å². The van der Waals surface area contributed by atoms with Gasteiger partial charge in [-0.05, 0) is 31.7 Å². The van der Waals surface area contributed by atoms with Crippen LogP contribution in [-0.4, -0.2) is 50.3 Å². The number of piperazine rings is 1. The number of nitrogens with two attached hydrogens (primary N) is 1. The van der Waals surface area contributed by atoms with Gasteiger partial charge in [0.05, 0.1) is 5.69 Å². The van der Waals surface area contributed by atoms with Crippen LogP contribution in [0.1, 0.15) is 13.3 Å². The molecule has 1 fully saturated rings. The number of sulfonamides is 1. The first-order valence-corrected chi connectivity index (χ1v) is 8.85. The van der Waals surface area contributed by atoms with Gasteiger partial charge in [0.25, 0.3) is 0 Å². The van der Waals surface area contributed by atoms with Crippen LogP contribution >= 0.6 is 15.9 Å². The fourth-order valence-electron chi connectivity index (χ4n) is 2.45. The number of likely N-dealkylation sites (N-methyl/N-ethyl adjacent to an activating group) is 1. The first kappa shape index (κ1) is 15.8. The molecule has 2 rings (SSSR count). The Morgan fingerprint density at radius 2 is 2.10 bits per heavy atom. The van der Waals surface area contributed by atoms with Crippen molar-refractivity contribution < 1.29 is 8.42 Å². The Kier molecular flexibility index (Phi) is 4.73. The minimum atomic E-state index is -3.53. The summed E-state index contributed by atoms with van der Waals surface area (Å²) in [6, 6.07) is 5.19. The second-order valence-corrected chi connectivity index (χ2v) is 7.91. The van der Waals surface area contributed by atoms with E-state index in [1.165, 1.54) is 0 Å². The molecule has 1 aromatic rings. The van der Waals surface area contributed by atoms with Crippen LogP contribution in [0.25, 0.3) is 0 Å². The van der Waals surface area contributed by atoms with E-state index in [4.69, 9.17) is 5.73 Å². The summed E-state index contributed by atoms with van der Waals surface area (Å²) in [4.78, 5) is 2.39. The van der Waals surface area contributed by atoms with Gasteiger partial charge in [0.1, 0.15) is 4.90 Å². The molecule has 0 radical (unpaired) electrons. The first-order chi connectivity index (χ1) is 9.36. The van der Waals surface area contributed by atoms with Crippen LogP contribution in [0.5, 0.6) is 0 Å². The molecule has 1 aliphatic heterocycles. The molecule has 20 heavy (non-hydrogen) atoms. The lowest BCUT2D eigenvalue weighted by Crippen LogP contribution is -2.52. The second-order valence-electron chi connectivity index (χ2n) is 5.09. The largest absolute Gasteiger partial charge is 0.398 e. The number of nitrogen functional groups attached to an aromatic ring is 1. The van der Waals surface area contributed by atoms with E-state index in [2.05, 4.69) is 27.8 Å². The number of halogens is 1. The van der Waals surface area contributed by atoms with Crippen LogP contribution in [0.3, 0.4) is 0 Å². The fraction of sp³-hybridized carbons (Fsp3) is 0.538. The van der Waals surface area contributed by atoms with Crippen molar-refractivity contribution in [3.63, 3.8) is 0 Å². The molecule has 5 nitrogen and oxygen atoms in total. The van der Waals surface area contributed by atoms with E-state index in [0.717, 1.165) is 13.0 Å². The van der Waals surface area contributed by atoms with Crippen molar-refractivity contribution in [2.75, 3.05) is 32.4 Å². The summed E-state index contributed by atoms with van der Waals surface area (Å²) in [5.41, 5.74) is 6.13. The third-order valence-corrected chi connectivity index (χ3v) is 6.22. The summed E-state index contributed by atoms with van der Waals surface area (Å²) in [6.45, 7) is 3.83. The highest BCUT2D eigenvalue weighted by atomic mass is 79.9. The van der Waals surface area contributed by atoms with Crippen LogP contribution in [0, 0.1) is 0 Å². The van der Waals surface area contributed by atoms with Crippen molar-refractivity contribution in [2.24, 2.45) is 0 Å². The Labute approximate surface area is 128 Å². The van der Waals surface area contributed by atoms with Crippen molar-refractivity contribution in [3.05, 3.63) is 22.7 Å². The molecule has 1 saturated heterocycles. The first-order valence-electron chi connectivity index (χ1n) is 6.61. The third kappa shape index (κ3) is 3.00. The number of benzene rings is 1. The molecule has 2 N–H and O–H groups in total. The van der Waals surface area contributed by atoms with Crippen LogP contribution in [-0.2, 0) is 10.0 Å². The van der Waals surface area contributed by atoms with Gasteiger partial charge < -0.3 is 10.6 Å². The maximum absolute atomic E-state index is 12.7. The zero-order valence-electron chi connectivity index (χ0n) is 11.7. The quantitative estimate of drug-likeness (QED) is 0.832. The molecule has 1 heterocycles. The van der Waals surface area contributed by atoms with Gasteiger partial charge in [0.15, 0.2) is 0 Å². The molecule has 112 valence electrons. The molecule has 7 heteroatoms. The molecule has 1 atom stereocenters. The van der Waals surface area contributed by atoms with Crippen LogP contribution < -0.4 is 5.73 Å². The van der Waals surface area contributed by atoms with Gasteiger partial charge >= 0.3 is 0 Å². The highest BCUT2D eigenvalue weighted by molar-refractivity contribution is 9.10. The SMILES string of the molecule is CCC1CN(S(=O)(=O)c2cc(Br)ccc2N)CCN1C. The van der Waals surface area contributed by atoms with Crippen molar-refractivity contribution in [1.29, 1.82) is 0 Å². The summed E-state index contributed by atoms with van der Waals surface area (Å²) < 4.78 is 27.7. The Morgan fingerprint density at radius 3 is 2.75 bits per heavy atom. The van der Waals surface area contributed by atoms with Crippen LogP contribution in [0.4, 0.5) is 5.69 Å². The molecule has 0 spiro atoms. The van der Waals surface area contributed by atoms with Crippen molar-refractivity contribution in [2.45, 2.75) is 24.3 Å². The fourth-order valence-corrected chi connectivity index (χ4v) is 4.57. The lowest BCUT2D eigenvalue weighted by Gasteiger charge is -2.38. The molecule has 0 saturated carbocycles. The van der Waals surface area contributed by atoms with Crippen molar-refractivity contribution in [1.82, 2.24) is 9.21 Å². The molecule has 1 unspecified atom stereocenters. The molecular formula is C13H20BrN3O2S. The van der Waals surface area contributed by atoms with Gasteiger partial charge in [0, 0.05) is 30.1 Å². The van der Waals surface area contributed by atoms with Gasteiger partial charge in [-0.25, -0.2) is 8.42 Å². The second kappa shape index (κ2) is 6.01. The Morgan fingerprint density at radius 1 is 1.40 bits per heavy atom. The van der Waals surface area contributed by atoms with Crippen LogP contribution in [0.15, 0.2) is 27.6 Å². The highest BCUT2D eigenvalue weighted by Gasteiger charge is 2.33. The standard InChI is InChI=1S/C13H20BrN3O2S/c1-3-11-9-17(7-6-16(11)2)20(18,19)13-8-10(14)4-5-12(13)15/h4-5,8,11H,3,6-7,9,15H2,1-2H3. The van der Waals surface area contributed by atoms with E-state index in [9.17, 15) is 8.42 Å². The number of hydrogen-bond acceptors (Lipinski definition) is 4. The van der Waals surface area contributed by atoms with Gasteiger partial charge in [0.2, 0.25) is 10.0 Å². The lowest BCUT2D eigenvalue weighted by molar-refractivity contribution is 0.144. The summed E-state index contributed by atoms with van der Waals surface area (Å²) in [7, 11) is -1.50. The molecule has 0 aliphatic carbocycles. The zero-order valence-corrected chi connectivity index (χ0v) is 14.1. The Hall–Kier alpha value is -0.630. The Balaban J connectivity index is 2.33. The van der Waals surface area contributed by atoms with E-state index >= 15 is 0 Å². The zero-order chi connectivity index (χ0) is 14.9. The van der Waals surface area contributed by atoms with E-state index in [0.29, 0.717) is 23.2 Å². The summed E-state index contributed by atoms with van der Waals surface area (Å²) in [6.07, 6.45) is 0.927. The number of anilines is 1. The Bertz CT molecular complexity index is 591. The lowest BCUT2D eigenvalue weighted by atomic mass is 10.1.